The van der Waals surface area contributed by atoms with Crippen LogP contribution in [-0.2, 0) is 9.53 Å². The maximum absolute atomic E-state index is 13.0. The highest BCUT2D eigenvalue weighted by Crippen LogP contribution is 2.23. The second-order valence-electron chi connectivity index (χ2n) is 7.70. The van der Waals surface area contributed by atoms with E-state index in [-0.39, 0.29) is 24.2 Å². The van der Waals surface area contributed by atoms with Gasteiger partial charge in [0.25, 0.3) is 5.91 Å². The molecule has 0 radical (unpaired) electrons. The number of hydrogen-bond acceptors (Lipinski definition) is 5. The van der Waals surface area contributed by atoms with E-state index in [1.165, 1.54) is 0 Å². The van der Waals surface area contributed by atoms with E-state index < -0.39 is 6.10 Å². The average molecular weight is 371 g/mol. The van der Waals surface area contributed by atoms with Gasteiger partial charge in [-0.3, -0.25) is 9.69 Å². The average Bonchev–Trinajstić information content (AvgIpc) is 3.08. The number of nitrogens with zero attached hydrogens (tertiary/aromatic N) is 3. The van der Waals surface area contributed by atoms with Gasteiger partial charge in [0, 0.05) is 32.2 Å². The Hall–Kier alpha value is -2.10. The van der Waals surface area contributed by atoms with E-state index in [4.69, 9.17) is 14.7 Å². The lowest BCUT2D eigenvalue weighted by molar-refractivity contribution is -0.139. The van der Waals surface area contributed by atoms with Crippen molar-refractivity contribution in [3.63, 3.8) is 0 Å². The van der Waals surface area contributed by atoms with E-state index in [2.05, 4.69) is 24.8 Å². The maximum Gasteiger partial charge on any atom is 0.263 e. The lowest BCUT2D eigenvalue weighted by Crippen LogP contribution is -2.52. The Labute approximate surface area is 161 Å². The first kappa shape index (κ1) is 19.7. The molecule has 0 aliphatic carbocycles. The van der Waals surface area contributed by atoms with Gasteiger partial charge in [-0.15, -0.1) is 0 Å². The highest BCUT2D eigenvalue weighted by Gasteiger charge is 2.34. The van der Waals surface area contributed by atoms with E-state index >= 15 is 0 Å². The molecule has 1 amide bonds. The molecule has 1 aromatic carbocycles. The molecule has 1 aromatic rings. The van der Waals surface area contributed by atoms with Crippen LogP contribution < -0.4 is 4.74 Å². The molecule has 2 aliphatic rings. The van der Waals surface area contributed by atoms with Gasteiger partial charge in [0.15, 0.2) is 6.10 Å². The van der Waals surface area contributed by atoms with Crippen LogP contribution in [0.4, 0.5) is 0 Å². The molecule has 0 bridgehead atoms. The van der Waals surface area contributed by atoms with Gasteiger partial charge in [0.2, 0.25) is 0 Å². The van der Waals surface area contributed by atoms with Crippen molar-refractivity contribution in [3.8, 4) is 11.8 Å². The van der Waals surface area contributed by atoms with Gasteiger partial charge in [0.1, 0.15) is 5.75 Å². The minimum atomic E-state index is -0.541. The Morgan fingerprint density at radius 1 is 1.30 bits per heavy atom. The van der Waals surface area contributed by atoms with Crippen molar-refractivity contribution in [2.75, 3.05) is 26.2 Å². The van der Waals surface area contributed by atoms with Gasteiger partial charge in [0.05, 0.1) is 23.8 Å². The summed E-state index contributed by atoms with van der Waals surface area (Å²) in [7, 11) is 0. The fourth-order valence-electron chi connectivity index (χ4n) is 4.14. The van der Waals surface area contributed by atoms with Gasteiger partial charge < -0.3 is 14.4 Å². The van der Waals surface area contributed by atoms with Crippen molar-refractivity contribution in [3.05, 3.63) is 29.8 Å². The van der Waals surface area contributed by atoms with Crippen molar-refractivity contribution < 1.29 is 14.3 Å². The Kier molecular flexibility index (Phi) is 6.35. The Bertz CT molecular complexity index is 675. The van der Waals surface area contributed by atoms with Crippen LogP contribution in [0.25, 0.3) is 0 Å². The SMILES string of the molecule is C[C@@H]1CN(C[C@@H]2CCCN2C(=O)[C@H](C)Oc2ccc(C#N)cc2)C[C@H](C)O1. The zero-order valence-electron chi connectivity index (χ0n) is 16.4. The molecule has 0 spiro atoms. The number of ether oxygens (including phenoxy) is 2. The Morgan fingerprint density at radius 2 is 1.96 bits per heavy atom. The predicted molar refractivity (Wildman–Crippen MR) is 102 cm³/mol. The van der Waals surface area contributed by atoms with Crippen LogP contribution in [0.2, 0.25) is 0 Å². The van der Waals surface area contributed by atoms with Crippen molar-refractivity contribution in [1.82, 2.24) is 9.80 Å². The molecular formula is C21H29N3O3. The summed E-state index contributed by atoms with van der Waals surface area (Å²) in [6, 6.07) is 9.19. The molecule has 0 N–H and O–H groups in total. The molecule has 2 fully saturated rings. The molecule has 27 heavy (non-hydrogen) atoms. The molecule has 4 atom stereocenters. The van der Waals surface area contributed by atoms with Gasteiger partial charge in [-0.25, -0.2) is 0 Å². The van der Waals surface area contributed by atoms with E-state index in [0.29, 0.717) is 11.3 Å². The minimum absolute atomic E-state index is 0.0382. The molecule has 0 aromatic heterocycles. The monoisotopic (exact) mass is 371 g/mol. The molecule has 0 unspecified atom stereocenters. The molecule has 6 heteroatoms. The number of morpholine rings is 1. The van der Waals surface area contributed by atoms with Gasteiger partial charge >= 0.3 is 0 Å². The lowest BCUT2D eigenvalue weighted by Gasteiger charge is -2.38. The number of rotatable bonds is 5. The van der Waals surface area contributed by atoms with Crippen LogP contribution in [0, 0.1) is 11.3 Å². The van der Waals surface area contributed by atoms with Crippen molar-refractivity contribution in [2.24, 2.45) is 0 Å². The normalized spacial score (nSPS) is 27.2. The summed E-state index contributed by atoms with van der Waals surface area (Å²) in [5.41, 5.74) is 0.579. The summed E-state index contributed by atoms with van der Waals surface area (Å²) in [5, 5.41) is 8.88. The number of nitriles is 1. The molecular weight excluding hydrogens is 342 g/mol. The number of carbonyl (C=O) groups excluding carboxylic acids is 1. The summed E-state index contributed by atoms with van der Waals surface area (Å²) in [4.78, 5) is 17.4. The molecule has 6 nitrogen and oxygen atoms in total. The first-order chi connectivity index (χ1) is 13.0. The number of hydrogen-bond donors (Lipinski definition) is 0. The van der Waals surface area contributed by atoms with Crippen LogP contribution in [-0.4, -0.2) is 66.2 Å². The third kappa shape index (κ3) is 5.00. The Balaban J connectivity index is 1.58. The number of likely N-dealkylation sites (tertiary alicyclic amines) is 1. The number of amides is 1. The minimum Gasteiger partial charge on any atom is -0.481 e. The van der Waals surface area contributed by atoms with Gasteiger partial charge in [-0.2, -0.15) is 5.26 Å². The number of benzene rings is 1. The third-order valence-corrected chi connectivity index (χ3v) is 5.27. The summed E-state index contributed by atoms with van der Waals surface area (Å²) >= 11 is 0. The zero-order valence-corrected chi connectivity index (χ0v) is 16.4. The lowest BCUT2D eigenvalue weighted by atomic mass is 10.1. The third-order valence-electron chi connectivity index (χ3n) is 5.27. The molecule has 146 valence electrons. The van der Waals surface area contributed by atoms with Crippen LogP contribution in [0.3, 0.4) is 0 Å². The topological polar surface area (TPSA) is 65.8 Å². The highest BCUT2D eigenvalue weighted by molar-refractivity contribution is 5.81. The van der Waals surface area contributed by atoms with Crippen molar-refractivity contribution in [2.45, 2.75) is 58.0 Å². The first-order valence-corrected chi connectivity index (χ1v) is 9.81. The largest absolute Gasteiger partial charge is 0.481 e. The van der Waals surface area contributed by atoms with E-state index in [1.807, 2.05) is 4.90 Å². The predicted octanol–water partition coefficient (Wildman–Crippen LogP) is 2.43. The molecule has 0 saturated carbocycles. The summed E-state index contributed by atoms with van der Waals surface area (Å²) < 4.78 is 11.6. The fraction of sp³-hybridized carbons (Fsp3) is 0.619. The molecule has 2 saturated heterocycles. The van der Waals surface area contributed by atoms with Gasteiger partial charge in [-0.1, -0.05) is 0 Å². The van der Waals surface area contributed by atoms with E-state index in [0.717, 1.165) is 39.0 Å². The standard InChI is InChI=1S/C21H29N3O3/c1-15-12-23(13-16(2)26-15)14-19-5-4-10-24(19)21(25)17(3)27-20-8-6-18(11-22)7-9-20/h6-9,15-17,19H,4-5,10,12-14H2,1-3H3/t15-,16+,17-,19-/m0/s1. The van der Waals surface area contributed by atoms with Crippen molar-refractivity contribution >= 4 is 5.91 Å². The van der Waals surface area contributed by atoms with Crippen LogP contribution >= 0.6 is 0 Å². The zero-order chi connectivity index (χ0) is 19.4. The Morgan fingerprint density at radius 3 is 2.59 bits per heavy atom. The van der Waals surface area contributed by atoms with Crippen LogP contribution in [0.1, 0.15) is 39.2 Å². The van der Waals surface area contributed by atoms with Crippen LogP contribution in [0.5, 0.6) is 5.75 Å². The molecule has 2 aliphatic heterocycles. The maximum atomic E-state index is 13.0. The summed E-state index contributed by atoms with van der Waals surface area (Å²) in [6.07, 6.45) is 2.00. The first-order valence-electron chi connectivity index (χ1n) is 9.81. The van der Waals surface area contributed by atoms with Crippen molar-refractivity contribution in [1.29, 1.82) is 5.26 Å². The fourth-order valence-corrected chi connectivity index (χ4v) is 4.14. The quantitative estimate of drug-likeness (QED) is 0.795. The van der Waals surface area contributed by atoms with E-state index in [1.54, 1.807) is 31.2 Å². The smallest absolute Gasteiger partial charge is 0.263 e. The number of carbonyl (C=O) groups is 1. The molecule has 2 heterocycles. The summed E-state index contributed by atoms with van der Waals surface area (Å²) in [5.74, 6) is 0.651. The summed E-state index contributed by atoms with van der Waals surface area (Å²) in [6.45, 7) is 9.53. The molecule has 3 rings (SSSR count). The second kappa shape index (κ2) is 8.73. The van der Waals surface area contributed by atoms with Gasteiger partial charge in [-0.05, 0) is 57.9 Å². The highest BCUT2D eigenvalue weighted by atomic mass is 16.5. The second-order valence-corrected chi connectivity index (χ2v) is 7.70. The van der Waals surface area contributed by atoms with E-state index in [9.17, 15) is 4.79 Å². The van der Waals surface area contributed by atoms with Crippen LogP contribution in [0.15, 0.2) is 24.3 Å².